The van der Waals surface area contributed by atoms with E-state index in [0.29, 0.717) is 0 Å². The molecule has 94 valence electrons. The average molecular weight is 267 g/mol. The molecule has 0 radical (unpaired) electrons. The van der Waals surface area contributed by atoms with Gasteiger partial charge in [0.25, 0.3) is 5.69 Å². The van der Waals surface area contributed by atoms with Gasteiger partial charge in [0.1, 0.15) is 11.3 Å². The van der Waals surface area contributed by atoms with E-state index in [1.54, 1.807) is 0 Å². The van der Waals surface area contributed by atoms with Gasteiger partial charge in [-0.1, -0.05) is 0 Å². The Morgan fingerprint density at radius 2 is 2.17 bits per heavy atom. The maximum Gasteiger partial charge on any atom is 0.341 e. The Labute approximate surface area is 107 Å². The van der Waals surface area contributed by atoms with E-state index >= 15 is 0 Å². The molecule has 0 aromatic heterocycles. The minimum absolute atomic E-state index is 0.0647. The summed E-state index contributed by atoms with van der Waals surface area (Å²) in [7, 11) is 2.51. The van der Waals surface area contributed by atoms with Gasteiger partial charge in [0.2, 0.25) is 0 Å². The van der Waals surface area contributed by atoms with Crippen molar-refractivity contribution in [3.63, 3.8) is 0 Å². The van der Waals surface area contributed by atoms with Crippen LogP contribution in [0, 0.1) is 21.8 Å². The first-order valence-corrected chi connectivity index (χ1v) is 5.44. The molecule has 7 heteroatoms. The first kappa shape index (κ1) is 13.9. The quantitative estimate of drug-likeness (QED) is 0.273. The lowest BCUT2D eigenvalue weighted by molar-refractivity contribution is -0.387. The second kappa shape index (κ2) is 5.93. The predicted molar refractivity (Wildman–Crippen MR) is 65.7 cm³/mol. The first-order valence-electron chi connectivity index (χ1n) is 4.62. The summed E-state index contributed by atoms with van der Waals surface area (Å²) in [6.45, 7) is 0. The lowest BCUT2D eigenvalue weighted by Crippen LogP contribution is -2.05. The van der Waals surface area contributed by atoms with E-state index < -0.39 is 10.9 Å². The van der Waals surface area contributed by atoms with Crippen LogP contribution in [0.2, 0.25) is 0 Å². The van der Waals surface area contributed by atoms with Crippen molar-refractivity contribution in [2.45, 2.75) is 4.90 Å². The molecule has 0 fully saturated rings. The Balaban J connectivity index is 3.46. The van der Waals surface area contributed by atoms with Gasteiger partial charge in [-0.05, 0) is 23.1 Å². The molecule has 0 spiro atoms. The molecule has 0 N–H and O–H groups in total. The highest BCUT2D eigenvalue weighted by Crippen LogP contribution is 2.35. The van der Waals surface area contributed by atoms with Crippen LogP contribution in [0.1, 0.15) is 10.4 Å². The van der Waals surface area contributed by atoms with E-state index in [4.69, 9.17) is 11.2 Å². The molecule has 0 aliphatic rings. The van der Waals surface area contributed by atoms with Crippen molar-refractivity contribution < 1.29 is 19.2 Å². The number of hydrogen-bond acceptors (Lipinski definition) is 6. The molecule has 1 aromatic rings. The largest absolute Gasteiger partial charge is 0.496 e. The highest BCUT2D eigenvalue weighted by molar-refractivity contribution is 8.04. The van der Waals surface area contributed by atoms with Crippen LogP contribution in [0.3, 0.4) is 0 Å². The number of carbonyl (C=O) groups excluding carboxylic acids is 1. The summed E-state index contributed by atoms with van der Waals surface area (Å²) in [5.41, 5.74) is -0.134. The van der Waals surface area contributed by atoms with E-state index in [9.17, 15) is 14.9 Å². The van der Waals surface area contributed by atoms with E-state index in [1.807, 2.05) is 0 Å². The van der Waals surface area contributed by atoms with E-state index in [-0.39, 0.29) is 21.9 Å². The van der Waals surface area contributed by atoms with E-state index in [1.165, 1.54) is 20.3 Å². The number of methoxy groups -OCH3 is 2. The van der Waals surface area contributed by atoms with Crippen LogP contribution in [0.5, 0.6) is 5.75 Å². The fourth-order valence-electron chi connectivity index (χ4n) is 1.28. The lowest BCUT2D eigenvalue weighted by Gasteiger charge is -2.08. The molecule has 0 atom stereocenters. The van der Waals surface area contributed by atoms with Crippen molar-refractivity contribution in [3.05, 3.63) is 27.8 Å². The van der Waals surface area contributed by atoms with Gasteiger partial charge in [-0.25, -0.2) is 4.79 Å². The number of ether oxygens (including phenoxy) is 2. The second-order valence-corrected chi connectivity index (χ2v) is 3.87. The van der Waals surface area contributed by atoms with Crippen molar-refractivity contribution in [1.29, 1.82) is 0 Å². The number of nitro groups is 1. The number of thioether (sulfide) groups is 1. The summed E-state index contributed by atoms with van der Waals surface area (Å²) in [6.07, 6.45) is 5.10. The van der Waals surface area contributed by atoms with Gasteiger partial charge in [0.15, 0.2) is 0 Å². The molecular weight excluding hydrogens is 258 g/mol. The summed E-state index contributed by atoms with van der Waals surface area (Å²) in [5.74, 6) is -0.587. The van der Waals surface area contributed by atoms with Crippen LogP contribution in [0.25, 0.3) is 0 Å². The number of esters is 1. The normalized spacial score (nSPS) is 9.39. The van der Waals surface area contributed by atoms with Crippen LogP contribution in [0.15, 0.2) is 17.0 Å². The minimum Gasteiger partial charge on any atom is -0.496 e. The summed E-state index contributed by atoms with van der Waals surface area (Å²) < 4.78 is 9.49. The second-order valence-electron chi connectivity index (χ2n) is 2.99. The van der Waals surface area contributed by atoms with Gasteiger partial charge in [0.05, 0.1) is 30.1 Å². The monoisotopic (exact) mass is 267 g/mol. The van der Waals surface area contributed by atoms with Crippen molar-refractivity contribution in [2.24, 2.45) is 0 Å². The third kappa shape index (κ3) is 2.73. The molecule has 0 bridgehead atoms. The van der Waals surface area contributed by atoms with Crippen LogP contribution >= 0.6 is 11.8 Å². The van der Waals surface area contributed by atoms with Crippen molar-refractivity contribution in [3.8, 4) is 17.4 Å². The van der Waals surface area contributed by atoms with Crippen LogP contribution in [-0.4, -0.2) is 25.1 Å². The molecular formula is C11H9NO5S. The molecule has 0 aliphatic heterocycles. The molecule has 0 aliphatic carbocycles. The third-order valence-electron chi connectivity index (χ3n) is 2.05. The molecule has 0 saturated carbocycles. The molecule has 6 nitrogen and oxygen atoms in total. The van der Waals surface area contributed by atoms with Crippen LogP contribution in [0.4, 0.5) is 5.69 Å². The maximum atomic E-state index is 11.5. The zero-order valence-corrected chi connectivity index (χ0v) is 10.4. The molecule has 18 heavy (non-hydrogen) atoms. The fourth-order valence-corrected chi connectivity index (χ4v) is 1.82. The molecule has 1 aromatic carbocycles. The van der Waals surface area contributed by atoms with Crippen molar-refractivity contribution in [1.82, 2.24) is 0 Å². The Morgan fingerprint density at radius 3 is 2.61 bits per heavy atom. The van der Waals surface area contributed by atoms with Gasteiger partial charge in [0, 0.05) is 0 Å². The van der Waals surface area contributed by atoms with Crippen LogP contribution in [-0.2, 0) is 4.74 Å². The standard InChI is InChI=1S/C11H9NO5S/c1-4-18-10-5-7(11(13)17-3)9(16-2)6-8(10)12(14)15/h1,5-6H,2-3H3. The summed E-state index contributed by atoms with van der Waals surface area (Å²) in [6, 6.07) is 2.43. The summed E-state index contributed by atoms with van der Waals surface area (Å²) in [4.78, 5) is 22.0. The number of rotatable bonds is 4. The highest BCUT2D eigenvalue weighted by Gasteiger charge is 2.22. The maximum absolute atomic E-state index is 11.5. The van der Waals surface area contributed by atoms with Gasteiger partial charge in [-0.15, -0.1) is 6.42 Å². The van der Waals surface area contributed by atoms with Gasteiger partial charge < -0.3 is 9.47 Å². The summed E-state index contributed by atoms with van der Waals surface area (Å²) >= 11 is 0.814. The Bertz CT molecular complexity index is 535. The zero-order chi connectivity index (χ0) is 13.7. The van der Waals surface area contributed by atoms with Gasteiger partial charge >= 0.3 is 5.97 Å². The summed E-state index contributed by atoms with van der Waals surface area (Å²) in [5, 5.41) is 13.1. The third-order valence-corrected chi connectivity index (χ3v) is 2.72. The van der Waals surface area contributed by atoms with E-state index in [2.05, 4.69) is 9.99 Å². The van der Waals surface area contributed by atoms with Gasteiger partial charge in [-0.2, -0.15) is 0 Å². The first-order chi connectivity index (χ1) is 8.54. The Morgan fingerprint density at radius 1 is 1.50 bits per heavy atom. The topological polar surface area (TPSA) is 78.7 Å². The smallest absolute Gasteiger partial charge is 0.341 e. The number of nitrogens with zero attached hydrogens (tertiary/aromatic N) is 1. The number of nitro benzene ring substituents is 1. The van der Waals surface area contributed by atoms with Crippen LogP contribution < -0.4 is 4.74 Å². The minimum atomic E-state index is -0.652. The molecule has 0 unspecified atom stereocenters. The number of carbonyl (C=O) groups is 1. The lowest BCUT2D eigenvalue weighted by atomic mass is 10.2. The number of hydrogen-bond donors (Lipinski definition) is 0. The molecule has 0 saturated heterocycles. The zero-order valence-electron chi connectivity index (χ0n) is 9.63. The predicted octanol–water partition coefficient (Wildman–Crippen LogP) is 2.07. The fraction of sp³-hybridized carbons (Fsp3) is 0.182. The van der Waals surface area contributed by atoms with Gasteiger partial charge in [-0.3, -0.25) is 10.1 Å². The average Bonchev–Trinajstić information content (AvgIpc) is 2.37. The van der Waals surface area contributed by atoms with Crippen molar-refractivity contribution in [2.75, 3.05) is 14.2 Å². The Hall–Kier alpha value is -2.20. The SMILES string of the molecule is C#CSc1cc(C(=O)OC)c(OC)cc1[N+](=O)[O-]. The highest BCUT2D eigenvalue weighted by atomic mass is 32.2. The molecule has 0 amide bonds. The van der Waals surface area contributed by atoms with Crippen molar-refractivity contribution >= 4 is 23.4 Å². The number of terminal acetylenes is 1. The molecule has 0 heterocycles. The Kier molecular flexibility index (Phi) is 4.57. The molecule has 1 rings (SSSR count). The van der Waals surface area contributed by atoms with E-state index in [0.717, 1.165) is 17.8 Å². The number of benzene rings is 1.